The predicted octanol–water partition coefficient (Wildman–Crippen LogP) is 2.88. The summed E-state index contributed by atoms with van der Waals surface area (Å²) in [6.07, 6.45) is 0. The van der Waals surface area contributed by atoms with E-state index in [-0.39, 0.29) is 12.2 Å². The maximum Gasteiger partial charge on any atom is 0.210 e. The predicted molar refractivity (Wildman–Crippen MR) is 98.2 cm³/mol. The van der Waals surface area contributed by atoms with Gasteiger partial charge in [0, 0.05) is 11.8 Å². The van der Waals surface area contributed by atoms with Crippen LogP contribution in [0, 0.1) is 17.1 Å². The fourth-order valence-electron chi connectivity index (χ4n) is 2.22. The van der Waals surface area contributed by atoms with Crippen molar-refractivity contribution in [3.8, 4) is 17.6 Å². The second-order valence-corrected chi connectivity index (χ2v) is 6.39. The van der Waals surface area contributed by atoms with Crippen molar-refractivity contribution < 1.29 is 13.9 Å². The van der Waals surface area contributed by atoms with Crippen molar-refractivity contribution in [1.82, 2.24) is 14.9 Å². The van der Waals surface area contributed by atoms with Crippen molar-refractivity contribution in [3.63, 3.8) is 0 Å². The van der Waals surface area contributed by atoms with E-state index in [0.29, 0.717) is 33.8 Å². The Bertz CT molecular complexity index is 986. The van der Waals surface area contributed by atoms with Gasteiger partial charge in [-0.25, -0.2) is 9.07 Å². The van der Waals surface area contributed by atoms with E-state index < -0.39 is 5.82 Å². The van der Waals surface area contributed by atoms with Crippen LogP contribution in [0.3, 0.4) is 0 Å². The van der Waals surface area contributed by atoms with Gasteiger partial charge in [-0.3, -0.25) is 0 Å². The minimum atomic E-state index is -0.439. The molecule has 0 amide bonds. The largest absolute Gasteiger partial charge is 0.497 e. The van der Waals surface area contributed by atoms with Gasteiger partial charge in [0.05, 0.1) is 18.7 Å². The monoisotopic (exact) mass is 385 g/mol. The number of nitrogens with two attached hydrogens (primary N) is 1. The third-order valence-electron chi connectivity index (χ3n) is 3.68. The third-order valence-corrected chi connectivity index (χ3v) is 4.68. The summed E-state index contributed by atoms with van der Waals surface area (Å²) in [6.45, 7) is 0.127. The molecular weight excluding hydrogens is 369 g/mol. The maximum atomic E-state index is 13.9. The summed E-state index contributed by atoms with van der Waals surface area (Å²) in [6, 6.07) is 13.4. The molecule has 2 aromatic carbocycles. The van der Waals surface area contributed by atoms with Crippen molar-refractivity contribution in [2.45, 2.75) is 17.5 Å². The Morgan fingerprint density at radius 1 is 1.22 bits per heavy atom. The molecule has 0 bridgehead atoms. The zero-order valence-corrected chi connectivity index (χ0v) is 15.2. The van der Waals surface area contributed by atoms with Gasteiger partial charge in [0.15, 0.2) is 5.82 Å². The molecule has 9 heteroatoms. The minimum absolute atomic E-state index is 0.127. The smallest absolute Gasteiger partial charge is 0.210 e. The summed E-state index contributed by atoms with van der Waals surface area (Å²) >= 11 is 1.24. The van der Waals surface area contributed by atoms with Gasteiger partial charge in [0.25, 0.3) is 0 Å². The highest BCUT2D eigenvalue weighted by molar-refractivity contribution is 7.98. The van der Waals surface area contributed by atoms with Crippen LogP contribution < -0.4 is 15.3 Å². The Morgan fingerprint density at radius 2 is 2.04 bits per heavy atom. The number of aromatic nitrogens is 3. The molecule has 7 nitrogen and oxygen atoms in total. The van der Waals surface area contributed by atoms with Crippen molar-refractivity contribution in [2.75, 3.05) is 13.0 Å². The maximum absolute atomic E-state index is 13.9. The fraction of sp³-hybridized carbons (Fsp3) is 0.167. The van der Waals surface area contributed by atoms with Gasteiger partial charge in [0.1, 0.15) is 23.9 Å². The van der Waals surface area contributed by atoms with Crippen LogP contribution in [0.5, 0.6) is 11.5 Å². The Hall–Kier alpha value is -3.25. The summed E-state index contributed by atoms with van der Waals surface area (Å²) in [4.78, 5) is 0. The quantitative estimate of drug-likeness (QED) is 0.493. The number of nitriles is 1. The van der Waals surface area contributed by atoms with E-state index in [9.17, 15) is 4.39 Å². The van der Waals surface area contributed by atoms with E-state index in [1.165, 1.54) is 22.5 Å². The molecule has 2 N–H and O–H groups in total. The number of halogens is 1. The second-order valence-electron chi connectivity index (χ2n) is 5.44. The van der Waals surface area contributed by atoms with Crippen LogP contribution in [0.4, 0.5) is 4.39 Å². The van der Waals surface area contributed by atoms with Gasteiger partial charge in [-0.05, 0) is 29.8 Å². The van der Waals surface area contributed by atoms with Crippen LogP contribution >= 0.6 is 11.8 Å². The molecule has 0 fully saturated rings. The summed E-state index contributed by atoms with van der Waals surface area (Å²) < 4.78 is 26.1. The topological polar surface area (TPSA) is 99.0 Å². The fourth-order valence-corrected chi connectivity index (χ4v) is 3.08. The highest BCUT2D eigenvalue weighted by atomic mass is 32.2. The molecule has 1 aromatic heterocycles. The molecule has 0 spiro atoms. The van der Waals surface area contributed by atoms with Crippen molar-refractivity contribution in [3.05, 3.63) is 65.2 Å². The first-order chi connectivity index (χ1) is 13.1. The number of thioether (sulfide) groups is 1. The van der Waals surface area contributed by atoms with E-state index in [4.69, 9.17) is 20.6 Å². The zero-order valence-electron chi connectivity index (χ0n) is 14.4. The molecule has 1 heterocycles. The average molecular weight is 385 g/mol. The molecule has 0 saturated carbocycles. The van der Waals surface area contributed by atoms with E-state index in [2.05, 4.69) is 10.2 Å². The number of hydrogen-bond acceptors (Lipinski definition) is 7. The number of nitrogens with zero attached hydrogens (tertiary/aromatic N) is 4. The normalized spacial score (nSPS) is 10.4. The van der Waals surface area contributed by atoms with Gasteiger partial charge < -0.3 is 15.3 Å². The Kier molecular flexibility index (Phi) is 5.78. The van der Waals surface area contributed by atoms with Gasteiger partial charge in [0.2, 0.25) is 5.16 Å². The minimum Gasteiger partial charge on any atom is -0.497 e. The van der Waals surface area contributed by atoms with Crippen molar-refractivity contribution in [1.29, 1.82) is 5.26 Å². The van der Waals surface area contributed by atoms with Crippen LogP contribution in [-0.4, -0.2) is 22.0 Å². The molecule has 3 aromatic rings. The van der Waals surface area contributed by atoms with Crippen molar-refractivity contribution in [2.24, 2.45) is 0 Å². The Morgan fingerprint density at radius 3 is 2.78 bits per heavy atom. The van der Waals surface area contributed by atoms with Crippen LogP contribution in [0.15, 0.2) is 47.6 Å². The van der Waals surface area contributed by atoms with Crippen molar-refractivity contribution >= 4 is 11.8 Å². The number of methoxy groups -OCH3 is 1. The first-order valence-electron chi connectivity index (χ1n) is 7.88. The second kappa shape index (κ2) is 8.42. The van der Waals surface area contributed by atoms with Gasteiger partial charge in [-0.15, -0.1) is 10.2 Å². The molecule has 0 atom stereocenters. The van der Waals surface area contributed by atoms with Crippen LogP contribution in [0.2, 0.25) is 0 Å². The molecule has 3 rings (SSSR count). The van der Waals surface area contributed by atoms with Gasteiger partial charge in [-0.1, -0.05) is 23.9 Å². The first kappa shape index (κ1) is 18.5. The number of nitrogen functional groups attached to an aromatic ring is 1. The lowest BCUT2D eigenvalue weighted by atomic mass is 10.1. The lowest BCUT2D eigenvalue weighted by Crippen LogP contribution is -2.15. The molecule has 0 saturated heterocycles. The molecule has 0 aliphatic carbocycles. The highest BCUT2D eigenvalue weighted by Crippen LogP contribution is 2.24. The lowest BCUT2D eigenvalue weighted by molar-refractivity contribution is 0.289. The molecule has 0 aliphatic heterocycles. The molecule has 138 valence electrons. The molecule has 0 unspecified atom stereocenters. The van der Waals surface area contributed by atoms with E-state index in [1.54, 1.807) is 31.4 Å². The summed E-state index contributed by atoms with van der Waals surface area (Å²) in [5, 5.41) is 17.2. The van der Waals surface area contributed by atoms with E-state index >= 15 is 0 Å². The van der Waals surface area contributed by atoms with E-state index in [1.807, 2.05) is 18.2 Å². The number of rotatable bonds is 7. The summed E-state index contributed by atoms with van der Waals surface area (Å²) in [5.41, 5.74) is 0.733. The molecule has 0 radical (unpaired) electrons. The van der Waals surface area contributed by atoms with Crippen LogP contribution in [0.1, 0.15) is 17.0 Å². The number of ether oxygens (including phenoxy) is 2. The Labute approximate surface area is 159 Å². The van der Waals surface area contributed by atoms with Crippen LogP contribution in [0.25, 0.3) is 0 Å². The molecule has 27 heavy (non-hydrogen) atoms. The zero-order chi connectivity index (χ0) is 19.2. The molecule has 0 aliphatic rings. The summed E-state index contributed by atoms with van der Waals surface area (Å²) in [5.74, 6) is 7.60. The van der Waals surface area contributed by atoms with Gasteiger partial charge in [-0.2, -0.15) is 5.26 Å². The highest BCUT2D eigenvalue weighted by Gasteiger charge is 2.13. The summed E-state index contributed by atoms with van der Waals surface area (Å²) in [7, 11) is 1.58. The van der Waals surface area contributed by atoms with E-state index in [0.717, 1.165) is 0 Å². The Balaban J connectivity index is 1.62. The number of benzene rings is 2. The first-order valence-corrected chi connectivity index (χ1v) is 8.87. The lowest BCUT2D eigenvalue weighted by Gasteiger charge is -2.08. The molecular formula is C18H16FN5O2S. The standard InChI is InChI=1S/C18H16FN5O2S/c1-25-14-3-2-4-15(8-14)26-10-17-22-23-18(24(17)21)27-11-13-6-5-12(9-20)7-16(13)19/h2-8H,10-11,21H2,1H3. The van der Waals surface area contributed by atoms with Crippen LogP contribution in [-0.2, 0) is 12.4 Å². The SMILES string of the molecule is COc1cccc(OCc2nnc(SCc3ccc(C#N)cc3F)n2N)c1. The number of hydrogen-bond donors (Lipinski definition) is 1. The average Bonchev–Trinajstić information content (AvgIpc) is 3.05. The van der Waals surface area contributed by atoms with Gasteiger partial charge >= 0.3 is 0 Å². The third kappa shape index (κ3) is 4.48.